The first-order chi connectivity index (χ1) is 10.3. The fourth-order valence-corrected chi connectivity index (χ4v) is 1.78. The minimum atomic E-state index is 0.444. The van der Waals surface area contributed by atoms with E-state index in [0.717, 1.165) is 12.1 Å². The molecule has 0 bridgehead atoms. The Hall–Kier alpha value is -2.12. The molecule has 7 nitrogen and oxygen atoms in total. The second-order valence-corrected chi connectivity index (χ2v) is 4.24. The summed E-state index contributed by atoms with van der Waals surface area (Å²) in [7, 11) is 4.83. The molecule has 0 amide bonds. The SMILES string of the molecule is COCCNCc1nnc(-c2ccc(OC)c(OC)c2)o1. The Balaban J connectivity index is 2.06. The number of methoxy groups -OCH3 is 3. The summed E-state index contributed by atoms with van der Waals surface area (Å²) in [5.74, 6) is 2.24. The van der Waals surface area contributed by atoms with Gasteiger partial charge in [-0.1, -0.05) is 0 Å². The number of rotatable bonds is 8. The molecule has 0 atom stereocenters. The van der Waals surface area contributed by atoms with Crippen molar-refractivity contribution >= 4 is 0 Å². The second-order valence-electron chi connectivity index (χ2n) is 4.24. The Morgan fingerprint density at radius 2 is 1.90 bits per heavy atom. The van der Waals surface area contributed by atoms with Crippen molar-refractivity contribution in [2.45, 2.75) is 6.54 Å². The molecule has 2 rings (SSSR count). The van der Waals surface area contributed by atoms with Gasteiger partial charge in [0, 0.05) is 19.2 Å². The van der Waals surface area contributed by atoms with Gasteiger partial charge in [0.1, 0.15) is 0 Å². The predicted molar refractivity (Wildman–Crippen MR) is 76.4 cm³/mol. The van der Waals surface area contributed by atoms with Crippen LogP contribution in [0.25, 0.3) is 11.5 Å². The van der Waals surface area contributed by atoms with Crippen LogP contribution in [0, 0.1) is 0 Å². The molecule has 1 N–H and O–H groups in total. The van der Waals surface area contributed by atoms with Crippen molar-refractivity contribution in [1.29, 1.82) is 0 Å². The zero-order valence-corrected chi connectivity index (χ0v) is 12.4. The highest BCUT2D eigenvalue weighted by atomic mass is 16.5. The summed E-state index contributed by atoms with van der Waals surface area (Å²) in [6.07, 6.45) is 0. The Kier molecular flexibility index (Phi) is 5.53. The van der Waals surface area contributed by atoms with Gasteiger partial charge >= 0.3 is 0 Å². The molecule has 0 aliphatic carbocycles. The molecule has 0 unspecified atom stereocenters. The van der Waals surface area contributed by atoms with E-state index in [9.17, 15) is 0 Å². The third-order valence-electron chi connectivity index (χ3n) is 2.86. The van der Waals surface area contributed by atoms with E-state index >= 15 is 0 Å². The molecule has 7 heteroatoms. The van der Waals surface area contributed by atoms with Gasteiger partial charge in [0.2, 0.25) is 11.8 Å². The molecule has 1 aromatic heterocycles. The number of nitrogens with one attached hydrogen (secondary N) is 1. The number of nitrogens with zero attached hydrogens (tertiary/aromatic N) is 2. The maximum Gasteiger partial charge on any atom is 0.247 e. The zero-order chi connectivity index (χ0) is 15.1. The fraction of sp³-hybridized carbons (Fsp3) is 0.429. The maximum absolute atomic E-state index is 5.60. The summed E-state index contributed by atoms with van der Waals surface area (Å²) >= 11 is 0. The molecular weight excluding hydrogens is 274 g/mol. The molecule has 0 fully saturated rings. The average Bonchev–Trinajstić information content (AvgIpc) is 2.99. The molecule has 0 saturated heterocycles. The van der Waals surface area contributed by atoms with Gasteiger partial charge in [-0.25, -0.2) is 0 Å². The molecule has 114 valence electrons. The molecular formula is C14H19N3O4. The van der Waals surface area contributed by atoms with Crippen molar-refractivity contribution in [2.24, 2.45) is 0 Å². The second kappa shape index (κ2) is 7.61. The Bertz CT molecular complexity index is 571. The predicted octanol–water partition coefficient (Wildman–Crippen LogP) is 1.49. The van der Waals surface area contributed by atoms with Crippen molar-refractivity contribution in [3.05, 3.63) is 24.1 Å². The molecule has 21 heavy (non-hydrogen) atoms. The van der Waals surface area contributed by atoms with Crippen LogP contribution < -0.4 is 14.8 Å². The molecule has 0 aliphatic heterocycles. The smallest absolute Gasteiger partial charge is 0.247 e. The highest BCUT2D eigenvalue weighted by Gasteiger charge is 2.11. The normalized spacial score (nSPS) is 10.6. The van der Waals surface area contributed by atoms with Crippen LogP contribution >= 0.6 is 0 Å². The molecule has 1 aromatic carbocycles. The van der Waals surface area contributed by atoms with Gasteiger partial charge in [0.25, 0.3) is 0 Å². The Morgan fingerprint density at radius 3 is 2.62 bits per heavy atom. The number of benzene rings is 1. The van der Waals surface area contributed by atoms with Gasteiger partial charge in [0.05, 0.1) is 27.4 Å². The minimum absolute atomic E-state index is 0.444. The summed E-state index contributed by atoms with van der Waals surface area (Å²) in [4.78, 5) is 0. The van der Waals surface area contributed by atoms with Gasteiger partial charge in [-0.3, -0.25) is 0 Å². The molecule has 0 spiro atoms. The van der Waals surface area contributed by atoms with Crippen LogP contribution in [0.4, 0.5) is 0 Å². The summed E-state index contributed by atoms with van der Waals surface area (Å²) < 4.78 is 21.0. The van der Waals surface area contributed by atoms with E-state index in [0.29, 0.717) is 36.4 Å². The number of hydrogen-bond donors (Lipinski definition) is 1. The van der Waals surface area contributed by atoms with Crippen LogP contribution in [0.3, 0.4) is 0 Å². The highest BCUT2D eigenvalue weighted by molar-refractivity contribution is 5.59. The van der Waals surface area contributed by atoms with Gasteiger partial charge in [0.15, 0.2) is 11.5 Å². The van der Waals surface area contributed by atoms with E-state index in [1.807, 2.05) is 6.07 Å². The Labute approximate surface area is 123 Å². The van der Waals surface area contributed by atoms with Crippen LogP contribution in [0.2, 0.25) is 0 Å². The molecule has 1 heterocycles. The van der Waals surface area contributed by atoms with Gasteiger partial charge < -0.3 is 23.9 Å². The zero-order valence-electron chi connectivity index (χ0n) is 12.4. The minimum Gasteiger partial charge on any atom is -0.493 e. The van der Waals surface area contributed by atoms with E-state index in [4.69, 9.17) is 18.6 Å². The maximum atomic E-state index is 5.60. The van der Waals surface area contributed by atoms with Crippen LogP contribution in [-0.4, -0.2) is 44.7 Å². The molecule has 2 aromatic rings. The van der Waals surface area contributed by atoms with E-state index < -0.39 is 0 Å². The first-order valence-corrected chi connectivity index (χ1v) is 6.53. The van der Waals surface area contributed by atoms with Gasteiger partial charge in [-0.05, 0) is 18.2 Å². The third kappa shape index (κ3) is 3.93. The summed E-state index contributed by atoms with van der Waals surface area (Å²) in [6.45, 7) is 1.87. The van der Waals surface area contributed by atoms with Crippen molar-refractivity contribution < 1.29 is 18.6 Å². The average molecular weight is 293 g/mol. The number of hydrogen-bond acceptors (Lipinski definition) is 7. The lowest BCUT2D eigenvalue weighted by Crippen LogP contribution is -2.18. The van der Waals surface area contributed by atoms with Crippen LogP contribution in [0.1, 0.15) is 5.89 Å². The summed E-state index contributed by atoms with van der Waals surface area (Å²) in [5, 5.41) is 11.2. The molecule has 0 saturated carbocycles. The number of aromatic nitrogens is 2. The van der Waals surface area contributed by atoms with Crippen LogP contribution in [0.15, 0.2) is 22.6 Å². The topological polar surface area (TPSA) is 78.6 Å². The van der Waals surface area contributed by atoms with Crippen LogP contribution in [0.5, 0.6) is 11.5 Å². The lowest BCUT2D eigenvalue weighted by Gasteiger charge is -2.07. The number of ether oxygens (including phenoxy) is 3. The highest BCUT2D eigenvalue weighted by Crippen LogP contribution is 2.31. The first-order valence-electron chi connectivity index (χ1n) is 6.53. The largest absolute Gasteiger partial charge is 0.493 e. The fourth-order valence-electron chi connectivity index (χ4n) is 1.78. The van der Waals surface area contributed by atoms with Gasteiger partial charge in [-0.15, -0.1) is 10.2 Å². The quantitative estimate of drug-likeness (QED) is 0.739. The van der Waals surface area contributed by atoms with Gasteiger partial charge in [-0.2, -0.15) is 0 Å². The molecule has 0 radical (unpaired) electrons. The van der Waals surface area contributed by atoms with Crippen molar-refractivity contribution in [2.75, 3.05) is 34.5 Å². The van der Waals surface area contributed by atoms with Crippen LogP contribution in [-0.2, 0) is 11.3 Å². The first kappa shape index (κ1) is 15.3. The monoisotopic (exact) mass is 293 g/mol. The standard InChI is InChI=1S/C14H19N3O4/c1-18-7-6-15-9-13-16-17-14(21-13)10-4-5-11(19-2)12(8-10)20-3/h4-5,8,15H,6-7,9H2,1-3H3. The lowest BCUT2D eigenvalue weighted by molar-refractivity contribution is 0.198. The molecule has 0 aliphatic rings. The lowest BCUT2D eigenvalue weighted by atomic mass is 10.2. The third-order valence-corrected chi connectivity index (χ3v) is 2.86. The van der Waals surface area contributed by atoms with Crippen molar-refractivity contribution in [3.63, 3.8) is 0 Å². The van der Waals surface area contributed by atoms with E-state index in [2.05, 4.69) is 15.5 Å². The van der Waals surface area contributed by atoms with Crippen molar-refractivity contribution in [3.8, 4) is 23.0 Å². The summed E-state index contributed by atoms with van der Waals surface area (Å²) in [5.41, 5.74) is 0.781. The summed E-state index contributed by atoms with van der Waals surface area (Å²) in [6, 6.07) is 5.44. The van der Waals surface area contributed by atoms with Crippen molar-refractivity contribution in [1.82, 2.24) is 15.5 Å². The van der Waals surface area contributed by atoms with E-state index in [1.165, 1.54) is 0 Å². The Morgan fingerprint density at radius 1 is 1.10 bits per heavy atom. The van der Waals surface area contributed by atoms with E-state index in [1.54, 1.807) is 33.5 Å². The van der Waals surface area contributed by atoms with E-state index in [-0.39, 0.29) is 0 Å².